The van der Waals surface area contributed by atoms with Gasteiger partial charge in [-0.2, -0.15) is 10.2 Å². The first-order valence-electron chi connectivity index (χ1n) is 5.62. The predicted molar refractivity (Wildman–Crippen MR) is 61.0 cm³/mol. The summed E-state index contributed by atoms with van der Waals surface area (Å²) >= 11 is 0. The predicted octanol–water partition coefficient (Wildman–Crippen LogP) is 2.73. The summed E-state index contributed by atoms with van der Waals surface area (Å²) in [7, 11) is 0. The van der Waals surface area contributed by atoms with E-state index in [2.05, 4.69) is 23.1 Å². The van der Waals surface area contributed by atoms with E-state index in [1.54, 1.807) is 12.1 Å². The quantitative estimate of drug-likeness (QED) is 0.788. The first-order chi connectivity index (χ1) is 8.28. The lowest BCUT2D eigenvalue weighted by Gasteiger charge is -1.93. The molecule has 2 atom stereocenters. The molecule has 1 heterocycles. The Hall–Kier alpha value is -2.15. The lowest BCUT2D eigenvalue weighted by molar-refractivity contribution is 0.422. The van der Waals surface area contributed by atoms with Crippen LogP contribution in [-0.2, 0) is 0 Å². The highest BCUT2D eigenvalue weighted by Crippen LogP contribution is 2.45. The summed E-state index contributed by atoms with van der Waals surface area (Å²) in [6.07, 6.45) is 1.14. The van der Waals surface area contributed by atoms with E-state index in [-0.39, 0.29) is 0 Å². The number of hydrogen-bond donors (Lipinski definition) is 0. The van der Waals surface area contributed by atoms with Crippen LogP contribution in [0.2, 0.25) is 0 Å². The molecule has 0 radical (unpaired) electrons. The van der Waals surface area contributed by atoms with Gasteiger partial charge < -0.3 is 4.52 Å². The van der Waals surface area contributed by atoms with Gasteiger partial charge in [-0.05, 0) is 30.5 Å². The Labute approximate surface area is 98.9 Å². The Morgan fingerprint density at radius 1 is 1.47 bits per heavy atom. The molecule has 84 valence electrons. The number of rotatable bonds is 2. The topological polar surface area (TPSA) is 62.7 Å². The number of nitriles is 1. The van der Waals surface area contributed by atoms with Crippen molar-refractivity contribution in [2.45, 2.75) is 19.3 Å². The second kappa shape index (κ2) is 3.70. The van der Waals surface area contributed by atoms with Gasteiger partial charge in [0.05, 0.1) is 11.6 Å². The molecule has 4 nitrogen and oxygen atoms in total. The minimum atomic E-state index is 0.451. The van der Waals surface area contributed by atoms with Gasteiger partial charge in [-0.15, -0.1) is 0 Å². The van der Waals surface area contributed by atoms with Crippen molar-refractivity contribution >= 4 is 0 Å². The van der Waals surface area contributed by atoms with Crippen molar-refractivity contribution in [1.82, 2.24) is 10.1 Å². The molecule has 2 aromatic rings. The van der Waals surface area contributed by atoms with Crippen molar-refractivity contribution in [2.75, 3.05) is 0 Å². The van der Waals surface area contributed by atoms with Crippen LogP contribution in [0, 0.1) is 17.2 Å². The van der Waals surface area contributed by atoms with Gasteiger partial charge in [0, 0.05) is 11.5 Å². The lowest BCUT2D eigenvalue weighted by atomic mass is 10.1. The molecular weight excluding hydrogens is 214 g/mol. The molecule has 0 amide bonds. The van der Waals surface area contributed by atoms with Crippen LogP contribution in [-0.4, -0.2) is 10.1 Å². The number of hydrogen-bond acceptors (Lipinski definition) is 4. The number of benzene rings is 1. The molecule has 1 aliphatic rings. The van der Waals surface area contributed by atoms with E-state index in [9.17, 15) is 0 Å². The summed E-state index contributed by atoms with van der Waals surface area (Å²) in [6.45, 7) is 2.18. The average Bonchev–Trinajstić information content (AvgIpc) is 2.92. The number of aromatic nitrogens is 2. The monoisotopic (exact) mass is 225 g/mol. The molecule has 1 aromatic carbocycles. The van der Waals surface area contributed by atoms with E-state index in [0.29, 0.717) is 23.3 Å². The van der Waals surface area contributed by atoms with Crippen molar-refractivity contribution in [3.8, 4) is 17.5 Å². The summed E-state index contributed by atoms with van der Waals surface area (Å²) in [5.74, 6) is 2.39. The highest BCUT2D eigenvalue weighted by atomic mass is 16.5. The SMILES string of the molecule is CC1CC1c1noc(-c2cccc(C#N)c2)n1. The zero-order valence-electron chi connectivity index (χ0n) is 9.42. The molecule has 0 N–H and O–H groups in total. The maximum Gasteiger partial charge on any atom is 0.257 e. The molecule has 17 heavy (non-hydrogen) atoms. The Balaban J connectivity index is 1.93. The van der Waals surface area contributed by atoms with Crippen LogP contribution in [0.15, 0.2) is 28.8 Å². The van der Waals surface area contributed by atoms with Crippen molar-refractivity contribution in [2.24, 2.45) is 5.92 Å². The molecular formula is C13H11N3O. The van der Waals surface area contributed by atoms with Gasteiger partial charge in [0.25, 0.3) is 5.89 Å². The fraction of sp³-hybridized carbons (Fsp3) is 0.308. The molecule has 4 heteroatoms. The van der Waals surface area contributed by atoms with E-state index in [4.69, 9.17) is 9.78 Å². The molecule has 0 aliphatic heterocycles. The molecule has 1 saturated carbocycles. The van der Waals surface area contributed by atoms with Crippen LogP contribution in [0.1, 0.15) is 30.7 Å². The fourth-order valence-electron chi connectivity index (χ4n) is 1.91. The van der Waals surface area contributed by atoms with Gasteiger partial charge in [0.15, 0.2) is 5.82 Å². The lowest BCUT2D eigenvalue weighted by Crippen LogP contribution is -1.84. The van der Waals surface area contributed by atoms with Crippen LogP contribution in [0.5, 0.6) is 0 Å². The van der Waals surface area contributed by atoms with Gasteiger partial charge in [0.1, 0.15) is 0 Å². The van der Waals surface area contributed by atoms with Crippen molar-refractivity contribution in [1.29, 1.82) is 5.26 Å². The summed E-state index contributed by atoms with van der Waals surface area (Å²) in [5, 5.41) is 12.8. The van der Waals surface area contributed by atoms with Crippen LogP contribution in [0.4, 0.5) is 0 Å². The van der Waals surface area contributed by atoms with Crippen LogP contribution >= 0.6 is 0 Å². The minimum Gasteiger partial charge on any atom is -0.334 e. The fourth-order valence-corrected chi connectivity index (χ4v) is 1.91. The van der Waals surface area contributed by atoms with E-state index < -0.39 is 0 Å². The Morgan fingerprint density at radius 3 is 3.00 bits per heavy atom. The maximum absolute atomic E-state index is 8.83. The first kappa shape index (κ1) is 10.0. The molecule has 3 rings (SSSR count). The first-order valence-corrected chi connectivity index (χ1v) is 5.62. The largest absolute Gasteiger partial charge is 0.334 e. The Morgan fingerprint density at radius 2 is 2.29 bits per heavy atom. The zero-order chi connectivity index (χ0) is 11.8. The third-order valence-electron chi connectivity index (χ3n) is 3.12. The second-order valence-electron chi connectivity index (χ2n) is 4.47. The normalized spacial score (nSPS) is 22.1. The molecule has 0 spiro atoms. The molecule has 1 aliphatic carbocycles. The van der Waals surface area contributed by atoms with E-state index in [1.165, 1.54) is 0 Å². The summed E-state index contributed by atoms with van der Waals surface area (Å²) in [4.78, 5) is 4.38. The molecule has 2 unspecified atom stereocenters. The molecule has 0 bridgehead atoms. The van der Waals surface area contributed by atoms with Crippen molar-refractivity contribution < 1.29 is 4.52 Å². The molecule has 0 saturated heterocycles. The second-order valence-corrected chi connectivity index (χ2v) is 4.47. The van der Waals surface area contributed by atoms with Crippen LogP contribution < -0.4 is 0 Å². The van der Waals surface area contributed by atoms with E-state index in [1.807, 2.05) is 12.1 Å². The van der Waals surface area contributed by atoms with Crippen molar-refractivity contribution in [3.05, 3.63) is 35.7 Å². The summed E-state index contributed by atoms with van der Waals surface area (Å²) in [6, 6.07) is 9.29. The van der Waals surface area contributed by atoms with Gasteiger partial charge in [-0.25, -0.2) is 0 Å². The van der Waals surface area contributed by atoms with Crippen LogP contribution in [0.25, 0.3) is 11.5 Å². The van der Waals surface area contributed by atoms with Gasteiger partial charge in [0.2, 0.25) is 0 Å². The van der Waals surface area contributed by atoms with Crippen LogP contribution in [0.3, 0.4) is 0 Å². The summed E-state index contributed by atoms with van der Waals surface area (Å²) in [5.41, 5.74) is 1.40. The van der Waals surface area contributed by atoms with Crippen molar-refractivity contribution in [3.63, 3.8) is 0 Å². The highest BCUT2D eigenvalue weighted by Gasteiger charge is 2.38. The maximum atomic E-state index is 8.83. The zero-order valence-corrected chi connectivity index (χ0v) is 9.42. The van der Waals surface area contributed by atoms with Gasteiger partial charge in [-0.3, -0.25) is 0 Å². The third-order valence-corrected chi connectivity index (χ3v) is 3.12. The third kappa shape index (κ3) is 1.80. The standard InChI is InChI=1S/C13H11N3O/c1-8-5-11(8)12-15-13(17-16-12)10-4-2-3-9(6-10)7-14/h2-4,6,8,11H,5H2,1H3. The summed E-state index contributed by atoms with van der Waals surface area (Å²) < 4.78 is 5.23. The smallest absolute Gasteiger partial charge is 0.257 e. The Bertz CT molecular complexity index is 597. The molecule has 1 aromatic heterocycles. The number of nitrogens with zero attached hydrogens (tertiary/aromatic N) is 3. The van der Waals surface area contributed by atoms with Gasteiger partial charge in [-0.1, -0.05) is 18.1 Å². The molecule has 1 fully saturated rings. The van der Waals surface area contributed by atoms with E-state index in [0.717, 1.165) is 17.8 Å². The highest BCUT2D eigenvalue weighted by molar-refractivity contribution is 5.56. The van der Waals surface area contributed by atoms with Gasteiger partial charge >= 0.3 is 0 Å². The Kier molecular flexibility index (Phi) is 2.19. The average molecular weight is 225 g/mol. The van der Waals surface area contributed by atoms with E-state index >= 15 is 0 Å². The minimum absolute atomic E-state index is 0.451.